The van der Waals surface area contributed by atoms with Crippen LogP contribution < -0.4 is 21.8 Å². The highest BCUT2D eigenvalue weighted by atomic mass is 19.4. The number of pyridine rings is 1. The maximum absolute atomic E-state index is 15.2. The maximum Gasteiger partial charge on any atom is 0.423 e. The lowest BCUT2D eigenvalue weighted by atomic mass is 9.88. The first-order chi connectivity index (χ1) is 19.7. The molecular weight excluding hydrogens is 565 g/mol. The zero-order valence-electron chi connectivity index (χ0n) is 22.4. The summed E-state index contributed by atoms with van der Waals surface area (Å²) in [5.41, 5.74) is -4.47. The molecule has 220 valence electrons. The third-order valence-electron chi connectivity index (χ3n) is 7.11. The van der Waals surface area contributed by atoms with E-state index in [1.54, 1.807) is 18.9 Å². The molecule has 1 aliphatic heterocycles. The van der Waals surface area contributed by atoms with Crippen LogP contribution in [0.4, 0.5) is 33.5 Å². The van der Waals surface area contributed by atoms with Crippen LogP contribution in [0.15, 0.2) is 46.4 Å². The second-order valence-electron chi connectivity index (χ2n) is 10.6. The Morgan fingerprint density at radius 1 is 1.14 bits per heavy atom. The van der Waals surface area contributed by atoms with Gasteiger partial charge in [-0.2, -0.15) is 18.3 Å². The molecule has 0 radical (unpaired) electrons. The molecule has 42 heavy (non-hydrogen) atoms. The van der Waals surface area contributed by atoms with Crippen LogP contribution >= 0.6 is 0 Å². The van der Waals surface area contributed by atoms with Gasteiger partial charge in [0.15, 0.2) is 5.82 Å². The van der Waals surface area contributed by atoms with Crippen LogP contribution in [0.5, 0.6) is 0 Å². The summed E-state index contributed by atoms with van der Waals surface area (Å²) in [7, 11) is 0. The second-order valence-corrected chi connectivity index (χ2v) is 10.6. The number of H-pyrrole nitrogens is 1. The number of carbonyl (C=O) groups is 1. The zero-order valence-corrected chi connectivity index (χ0v) is 22.4. The van der Waals surface area contributed by atoms with Gasteiger partial charge in [0.1, 0.15) is 23.4 Å². The SMILES string of the molecule is C[C@H](C[C@H](F)Cn1ccc2cc(-c3ncc4c(n3)NC(=O)C4(C)C)c(F)cc2c1=O)Nc1cn[nH]c(=O)c1C(F)(F)F. The van der Waals surface area contributed by atoms with Crippen molar-refractivity contribution in [2.75, 3.05) is 10.6 Å². The highest BCUT2D eigenvalue weighted by Crippen LogP contribution is 2.37. The summed E-state index contributed by atoms with van der Waals surface area (Å²) >= 11 is 0. The number of alkyl halides is 4. The highest BCUT2D eigenvalue weighted by Gasteiger charge is 2.40. The standard InChI is InChI=1S/C27H24F5N7O3/c1-12(35-19-10-34-38-23(40)20(19)27(30,31)32)6-14(28)11-39-5-4-13-7-16(18(29)8-15(13)24(39)41)21-33-9-17-22(36-21)37-25(42)26(17,2)3/h4-5,7-10,12,14H,6,11H2,1-3H3,(H2,35,38,40)(H,33,36,37,42)/t12-,14+/m1/s1. The summed E-state index contributed by atoms with van der Waals surface area (Å²) in [6.07, 6.45) is -3.40. The zero-order chi connectivity index (χ0) is 30.6. The maximum atomic E-state index is 15.2. The number of rotatable bonds is 7. The number of amides is 1. The number of benzene rings is 1. The van der Waals surface area contributed by atoms with Crippen molar-refractivity contribution in [1.82, 2.24) is 24.7 Å². The summed E-state index contributed by atoms with van der Waals surface area (Å²) in [4.78, 5) is 45.4. The monoisotopic (exact) mass is 589 g/mol. The minimum atomic E-state index is -4.96. The Morgan fingerprint density at radius 3 is 2.60 bits per heavy atom. The third kappa shape index (κ3) is 5.21. The Hall–Kier alpha value is -4.69. The molecule has 1 aliphatic rings. The van der Waals surface area contributed by atoms with Crippen LogP contribution in [-0.2, 0) is 22.9 Å². The van der Waals surface area contributed by atoms with E-state index in [1.165, 1.54) is 31.5 Å². The summed E-state index contributed by atoms with van der Waals surface area (Å²) < 4.78 is 71.0. The number of aromatic amines is 1. The molecule has 0 spiro atoms. The van der Waals surface area contributed by atoms with Gasteiger partial charge in [-0.25, -0.2) is 23.8 Å². The highest BCUT2D eigenvalue weighted by molar-refractivity contribution is 6.04. The predicted molar refractivity (Wildman–Crippen MR) is 143 cm³/mol. The molecule has 4 heterocycles. The molecule has 0 aliphatic carbocycles. The van der Waals surface area contributed by atoms with Crippen LogP contribution in [0.2, 0.25) is 0 Å². The van der Waals surface area contributed by atoms with Crippen molar-refractivity contribution in [3.63, 3.8) is 0 Å². The molecule has 1 amide bonds. The van der Waals surface area contributed by atoms with Gasteiger partial charge in [-0.3, -0.25) is 14.4 Å². The average molecular weight is 590 g/mol. The summed E-state index contributed by atoms with van der Waals surface area (Å²) in [5, 5.41) is 10.5. The first kappa shape index (κ1) is 28.8. The first-order valence-electron chi connectivity index (χ1n) is 12.7. The molecule has 2 atom stereocenters. The summed E-state index contributed by atoms with van der Waals surface area (Å²) in [6.45, 7) is 4.39. The van der Waals surface area contributed by atoms with E-state index in [4.69, 9.17) is 0 Å². The smallest absolute Gasteiger partial charge is 0.381 e. The van der Waals surface area contributed by atoms with E-state index in [0.717, 1.165) is 16.8 Å². The van der Waals surface area contributed by atoms with Crippen molar-refractivity contribution in [2.45, 2.75) is 57.5 Å². The number of fused-ring (bicyclic) bond motifs is 2. The number of nitrogens with one attached hydrogen (secondary N) is 3. The molecule has 1 aromatic carbocycles. The number of nitrogens with zero attached hydrogens (tertiary/aromatic N) is 4. The third-order valence-corrected chi connectivity index (χ3v) is 7.11. The minimum Gasteiger partial charge on any atom is -0.381 e. The molecule has 3 aromatic heterocycles. The number of carbonyl (C=O) groups excluding carboxylic acids is 1. The lowest BCUT2D eigenvalue weighted by Crippen LogP contribution is -2.30. The number of hydrogen-bond acceptors (Lipinski definition) is 7. The normalized spacial score (nSPS) is 15.8. The lowest BCUT2D eigenvalue weighted by Gasteiger charge is -2.20. The Labute approximate surface area is 234 Å². The van der Waals surface area contributed by atoms with Crippen LogP contribution in [0.1, 0.15) is 38.3 Å². The van der Waals surface area contributed by atoms with Crippen LogP contribution in [-0.4, -0.2) is 42.9 Å². The van der Waals surface area contributed by atoms with Crippen molar-refractivity contribution >= 4 is 28.2 Å². The molecular formula is C27H24F5N7O3. The number of aromatic nitrogens is 5. The van der Waals surface area contributed by atoms with Crippen molar-refractivity contribution in [3.8, 4) is 11.4 Å². The molecule has 10 nitrogen and oxygen atoms in total. The molecule has 3 N–H and O–H groups in total. The molecule has 4 aromatic rings. The lowest BCUT2D eigenvalue weighted by molar-refractivity contribution is -0.138. The van der Waals surface area contributed by atoms with E-state index in [9.17, 15) is 31.9 Å². The molecule has 0 fully saturated rings. The fourth-order valence-corrected chi connectivity index (χ4v) is 4.86. The summed E-state index contributed by atoms with van der Waals surface area (Å²) in [5.74, 6) is -0.793. The number of halogens is 5. The number of hydrogen-bond donors (Lipinski definition) is 3. The van der Waals surface area contributed by atoms with Gasteiger partial charge < -0.3 is 15.2 Å². The van der Waals surface area contributed by atoms with E-state index in [-0.39, 0.29) is 34.9 Å². The van der Waals surface area contributed by atoms with Gasteiger partial charge in [0.05, 0.1) is 34.8 Å². The van der Waals surface area contributed by atoms with Crippen LogP contribution in [0.25, 0.3) is 22.2 Å². The minimum absolute atomic E-state index is 0.00265. The van der Waals surface area contributed by atoms with Crippen LogP contribution in [0.3, 0.4) is 0 Å². The topological polar surface area (TPSA) is 135 Å². The van der Waals surface area contributed by atoms with Crippen molar-refractivity contribution in [3.05, 3.63) is 74.4 Å². The van der Waals surface area contributed by atoms with Gasteiger partial charge in [-0.05, 0) is 44.4 Å². The van der Waals surface area contributed by atoms with Gasteiger partial charge in [-0.1, -0.05) is 0 Å². The van der Waals surface area contributed by atoms with E-state index in [0.29, 0.717) is 10.9 Å². The van der Waals surface area contributed by atoms with Gasteiger partial charge in [0.25, 0.3) is 11.1 Å². The first-order valence-corrected chi connectivity index (χ1v) is 12.7. The van der Waals surface area contributed by atoms with Crippen molar-refractivity contribution < 1.29 is 26.7 Å². The molecule has 0 saturated carbocycles. The van der Waals surface area contributed by atoms with Crippen molar-refractivity contribution in [1.29, 1.82) is 0 Å². The Balaban J connectivity index is 1.34. The van der Waals surface area contributed by atoms with E-state index < -0.39 is 58.5 Å². The second kappa shape index (κ2) is 10.3. The molecule has 15 heteroatoms. The fourth-order valence-electron chi connectivity index (χ4n) is 4.86. The molecule has 0 unspecified atom stereocenters. The quantitative estimate of drug-likeness (QED) is 0.276. The Kier molecular flexibility index (Phi) is 7.07. The van der Waals surface area contributed by atoms with E-state index in [2.05, 4.69) is 25.7 Å². The van der Waals surface area contributed by atoms with Gasteiger partial charge in [-0.15, -0.1) is 0 Å². The van der Waals surface area contributed by atoms with Crippen LogP contribution in [0, 0.1) is 5.82 Å². The summed E-state index contributed by atoms with van der Waals surface area (Å²) in [6, 6.07) is 3.00. The Bertz CT molecular complexity index is 1830. The van der Waals surface area contributed by atoms with Gasteiger partial charge in [0, 0.05) is 30.4 Å². The van der Waals surface area contributed by atoms with E-state index in [1.807, 2.05) is 0 Å². The number of anilines is 2. The average Bonchev–Trinajstić information content (AvgIpc) is 3.12. The van der Waals surface area contributed by atoms with Gasteiger partial charge >= 0.3 is 6.18 Å². The van der Waals surface area contributed by atoms with E-state index >= 15 is 4.39 Å². The molecule has 0 saturated heterocycles. The molecule has 5 rings (SSSR count). The van der Waals surface area contributed by atoms with Gasteiger partial charge in [0.2, 0.25) is 5.91 Å². The predicted octanol–water partition coefficient (Wildman–Crippen LogP) is 4.16. The largest absolute Gasteiger partial charge is 0.423 e. The fraction of sp³-hybridized carbons (Fsp3) is 0.333. The Morgan fingerprint density at radius 2 is 1.88 bits per heavy atom. The van der Waals surface area contributed by atoms with Crippen molar-refractivity contribution in [2.24, 2.45) is 0 Å². The molecule has 0 bridgehead atoms.